The molecule has 0 saturated heterocycles. The van der Waals surface area contributed by atoms with Crippen molar-refractivity contribution in [1.82, 2.24) is 4.98 Å². The Morgan fingerprint density at radius 2 is 2.17 bits per heavy atom. The molecule has 0 unspecified atom stereocenters. The van der Waals surface area contributed by atoms with E-state index < -0.39 is 35.3 Å². The number of halogens is 4. The van der Waals surface area contributed by atoms with E-state index in [0.29, 0.717) is 5.56 Å². The molecule has 0 atom stereocenters. The molecule has 1 aromatic heterocycles. The highest BCUT2D eigenvalue weighted by molar-refractivity contribution is 5.56. The summed E-state index contributed by atoms with van der Waals surface area (Å²) in [5.41, 5.74) is -0.0899. The molecule has 0 aromatic carbocycles. The summed E-state index contributed by atoms with van der Waals surface area (Å²) in [4.78, 5) is 13.3. The van der Waals surface area contributed by atoms with Gasteiger partial charge in [-0.3, -0.25) is 10.1 Å². The van der Waals surface area contributed by atoms with Crippen LogP contribution >= 0.6 is 0 Å². The molecule has 0 spiro atoms. The molecule has 0 fully saturated rings. The van der Waals surface area contributed by atoms with E-state index in [1.807, 2.05) is 5.32 Å². The molecular formula is C9H9F4N3O2. The number of aromatic nitrogens is 1. The maximum Gasteiger partial charge on any atom is 0.324 e. The van der Waals surface area contributed by atoms with Gasteiger partial charge in [0.1, 0.15) is 0 Å². The van der Waals surface area contributed by atoms with Crippen LogP contribution in [0, 0.1) is 17.0 Å². The third-order valence-electron chi connectivity index (χ3n) is 2.01. The van der Waals surface area contributed by atoms with Crippen molar-refractivity contribution in [2.24, 2.45) is 0 Å². The van der Waals surface area contributed by atoms with E-state index in [1.54, 1.807) is 0 Å². The lowest BCUT2D eigenvalue weighted by molar-refractivity contribution is -0.384. The van der Waals surface area contributed by atoms with E-state index in [4.69, 9.17) is 0 Å². The number of nitro groups is 1. The lowest BCUT2D eigenvalue weighted by atomic mass is 10.2. The van der Waals surface area contributed by atoms with Gasteiger partial charge in [0.15, 0.2) is 0 Å². The van der Waals surface area contributed by atoms with Crippen molar-refractivity contribution in [3.63, 3.8) is 0 Å². The summed E-state index contributed by atoms with van der Waals surface area (Å²) >= 11 is 0. The molecule has 5 nitrogen and oxygen atoms in total. The lowest BCUT2D eigenvalue weighted by Gasteiger charge is -2.16. The van der Waals surface area contributed by atoms with Gasteiger partial charge in [0.05, 0.1) is 11.5 Å². The fourth-order valence-corrected chi connectivity index (χ4v) is 1.11. The third kappa shape index (κ3) is 3.28. The standard InChI is InChI=1S/C9H9F4N3O2/c1-5-2-6(16(17)18)7(14-3-5)15-4-9(12,13)8(10)11/h2-3,8H,4H2,1H3,(H,14,15). The van der Waals surface area contributed by atoms with Crippen molar-refractivity contribution < 1.29 is 22.5 Å². The molecule has 1 N–H and O–H groups in total. The van der Waals surface area contributed by atoms with Crippen LogP contribution in [0.3, 0.4) is 0 Å². The van der Waals surface area contributed by atoms with E-state index in [1.165, 1.54) is 13.1 Å². The molecule has 1 aromatic rings. The van der Waals surface area contributed by atoms with Gasteiger partial charge in [-0.2, -0.15) is 8.78 Å². The van der Waals surface area contributed by atoms with Crippen LogP contribution in [0.2, 0.25) is 0 Å². The molecule has 9 heteroatoms. The SMILES string of the molecule is Cc1cnc(NCC(F)(F)C(F)F)c([N+](=O)[O-])c1. The molecule has 0 aliphatic carbocycles. The zero-order valence-corrected chi connectivity index (χ0v) is 9.16. The molecule has 0 aliphatic rings. The van der Waals surface area contributed by atoms with E-state index in [2.05, 4.69) is 4.98 Å². The molecule has 0 saturated carbocycles. The van der Waals surface area contributed by atoms with E-state index in [-0.39, 0.29) is 0 Å². The molecule has 18 heavy (non-hydrogen) atoms. The van der Waals surface area contributed by atoms with E-state index >= 15 is 0 Å². The van der Waals surface area contributed by atoms with Gasteiger partial charge in [-0.25, -0.2) is 13.8 Å². The molecule has 0 radical (unpaired) electrons. The van der Waals surface area contributed by atoms with Gasteiger partial charge in [-0.15, -0.1) is 0 Å². The van der Waals surface area contributed by atoms with Gasteiger partial charge in [-0.1, -0.05) is 0 Å². The summed E-state index contributed by atoms with van der Waals surface area (Å²) in [6, 6.07) is 1.11. The minimum absolute atomic E-state index is 0.452. The summed E-state index contributed by atoms with van der Waals surface area (Å²) < 4.78 is 49.1. The molecule has 0 amide bonds. The molecule has 100 valence electrons. The molecule has 1 heterocycles. The number of nitrogens with one attached hydrogen (secondary N) is 1. The second-order valence-corrected chi connectivity index (χ2v) is 3.55. The molecule has 0 bridgehead atoms. The predicted molar refractivity (Wildman–Crippen MR) is 55.1 cm³/mol. The normalized spacial score (nSPS) is 11.7. The fourth-order valence-electron chi connectivity index (χ4n) is 1.11. The largest absolute Gasteiger partial charge is 0.358 e. The zero-order valence-electron chi connectivity index (χ0n) is 9.16. The van der Waals surface area contributed by atoms with Crippen LogP contribution in [0.15, 0.2) is 12.3 Å². The Balaban J connectivity index is 2.89. The van der Waals surface area contributed by atoms with Gasteiger partial charge in [-0.05, 0) is 12.5 Å². The van der Waals surface area contributed by atoms with Gasteiger partial charge < -0.3 is 5.32 Å². The summed E-state index contributed by atoms with van der Waals surface area (Å²) in [6.07, 6.45) is -2.65. The number of nitrogens with zero attached hydrogens (tertiary/aromatic N) is 2. The van der Waals surface area contributed by atoms with E-state index in [0.717, 1.165) is 6.07 Å². The van der Waals surface area contributed by atoms with Crippen LogP contribution in [0.4, 0.5) is 29.1 Å². The highest BCUT2D eigenvalue weighted by Crippen LogP contribution is 2.26. The average molecular weight is 267 g/mol. The van der Waals surface area contributed by atoms with Gasteiger partial charge in [0, 0.05) is 12.3 Å². The molecule has 0 aliphatic heterocycles. The lowest BCUT2D eigenvalue weighted by Crippen LogP contribution is -2.35. The topological polar surface area (TPSA) is 68.1 Å². The number of hydrogen-bond acceptors (Lipinski definition) is 4. The first-order valence-electron chi connectivity index (χ1n) is 4.75. The van der Waals surface area contributed by atoms with Crippen LogP contribution < -0.4 is 5.32 Å². The Labute approximate surface area is 99.0 Å². The Morgan fingerprint density at radius 1 is 1.56 bits per heavy atom. The molecular weight excluding hydrogens is 258 g/mol. The smallest absolute Gasteiger partial charge is 0.324 e. The highest BCUT2D eigenvalue weighted by atomic mass is 19.3. The number of alkyl halides is 4. The van der Waals surface area contributed by atoms with Crippen LogP contribution in [0.25, 0.3) is 0 Å². The number of aryl methyl sites for hydroxylation is 1. The van der Waals surface area contributed by atoms with Crippen LogP contribution in [0.1, 0.15) is 5.56 Å². The first-order valence-corrected chi connectivity index (χ1v) is 4.75. The van der Waals surface area contributed by atoms with Crippen LogP contribution in [0.5, 0.6) is 0 Å². The summed E-state index contributed by atoms with van der Waals surface area (Å²) in [7, 11) is 0. The fraction of sp³-hybridized carbons (Fsp3) is 0.444. The van der Waals surface area contributed by atoms with Gasteiger partial charge in [0.2, 0.25) is 5.82 Å². The van der Waals surface area contributed by atoms with Crippen molar-refractivity contribution in [2.45, 2.75) is 19.3 Å². The van der Waals surface area contributed by atoms with Crippen molar-refractivity contribution >= 4 is 11.5 Å². The Hall–Kier alpha value is -1.93. The summed E-state index contributed by atoms with van der Waals surface area (Å²) in [6.45, 7) is 0.0963. The monoisotopic (exact) mass is 267 g/mol. The Bertz CT molecular complexity index is 453. The van der Waals surface area contributed by atoms with Crippen LogP contribution in [-0.4, -0.2) is 28.8 Å². The highest BCUT2D eigenvalue weighted by Gasteiger charge is 2.40. The van der Waals surface area contributed by atoms with Crippen molar-refractivity contribution in [2.75, 3.05) is 11.9 Å². The Morgan fingerprint density at radius 3 is 2.67 bits per heavy atom. The predicted octanol–water partition coefficient (Wildman–Crippen LogP) is 2.61. The average Bonchev–Trinajstić information content (AvgIpc) is 2.27. The number of anilines is 1. The number of hydrogen-bond donors (Lipinski definition) is 1. The maximum absolute atomic E-state index is 12.6. The van der Waals surface area contributed by atoms with E-state index in [9.17, 15) is 27.7 Å². The first-order chi connectivity index (χ1) is 8.24. The first kappa shape index (κ1) is 14.1. The maximum atomic E-state index is 12.6. The zero-order chi connectivity index (χ0) is 13.9. The molecule has 1 rings (SSSR count). The van der Waals surface area contributed by atoms with Gasteiger partial charge >= 0.3 is 18.0 Å². The quantitative estimate of drug-likeness (QED) is 0.506. The van der Waals surface area contributed by atoms with Gasteiger partial charge in [0.25, 0.3) is 0 Å². The van der Waals surface area contributed by atoms with Crippen molar-refractivity contribution in [1.29, 1.82) is 0 Å². The Kier molecular flexibility index (Phi) is 4.04. The van der Waals surface area contributed by atoms with Crippen LogP contribution in [-0.2, 0) is 0 Å². The van der Waals surface area contributed by atoms with Crippen molar-refractivity contribution in [3.05, 3.63) is 27.9 Å². The second-order valence-electron chi connectivity index (χ2n) is 3.55. The summed E-state index contributed by atoms with van der Waals surface area (Å²) in [5.74, 6) is -4.74. The number of pyridine rings is 1. The number of rotatable bonds is 5. The third-order valence-corrected chi connectivity index (χ3v) is 2.01. The minimum atomic E-state index is -4.28. The summed E-state index contributed by atoms with van der Waals surface area (Å²) in [5, 5.41) is 12.5. The minimum Gasteiger partial charge on any atom is -0.358 e. The van der Waals surface area contributed by atoms with Crippen molar-refractivity contribution in [3.8, 4) is 0 Å². The second kappa shape index (κ2) is 5.15.